The van der Waals surface area contributed by atoms with Gasteiger partial charge in [0.05, 0.1) is 6.61 Å². The van der Waals surface area contributed by atoms with Crippen LogP contribution in [-0.4, -0.2) is 25.4 Å². The van der Waals surface area contributed by atoms with E-state index < -0.39 is 5.72 Å². The summed E-state index contributed by atoms with van der Waals surface area (Å²) in [5, 5.41) is 3.20. The van der Waals surface area contributed by atoms with Gasteiger partial charge < -0.3 is 15.8 Å². The highest BCUT2D eigenvalue weighted by molar-refractivity contribution is 4.70. The molecule has 0 aromatic heterocycles. The van der Waals surface area contributed by atoms with Crippen LogP contribution in [0.3, 0.4) is 0 Å². The molecule has 0 radical (unpaired) electrons. The number of rotatable bonds is 0. The third-order valence-corrected chi connectivity index (χ3v) is 1.51. The van der Waals surface area contributed by atoms with E-state index >= 15 is 0 Å². The normalized spacial score (nSPS) is 38.0. The molecular weight excluding hydrogens is 116 g/mol. The number of ether oxygens (including phenoxy) is 1. The summed E-state index contributed by atoms with van der Waals surface area (Å²) in [7, 11) is 0. The van der Waals surface area contributed by atoms with Gasteiger partial charge >= 0.3 is 0 Å². The molecule has 3 heteroatoms. The van der Waals surface area contributed by atoms with E-state index in [1.54, 1.807) is 0 Å². The molecule has 1 fully saturated rings. The largest absolute Gasteiger partial charge is 0.360 e. The van der Waals surface area contributed by atoms with Crippen molar-refractivity contribution >= 4 is 0 Å². The minimum atomic E-state index is -0.399. The summed E-state index contributed by atoms with van der Waals surface area (Å²) in [5.74, 6) is 0. The molecule has 1 saturated heterocycles. The average Bonchev–Trinajstić information content (AvgIpc) is 1.92. The maximum Gasteiger partial charge on any atom is 0.115 e. The van der Waals surface area contributed by atoms with Crippen molar-refractivity contribution in [2.24, 2.45) is 5.73 Å². The zero-order valence-electron chi connectivity index (χ0n) is 5.81. The lowest BCUT2D eigenvalue weighted by molar-refractivity contribution is -0.0179. The molecule has 0 saturated carbocycles. The van der Waals surface area contributed by atoms with Crippen molar-refractivity contribution < 1.29 is 4.74 Å². The van der Waals surface area contributed by atoms with Crippen LogP contribution < -0.4 is 11.1 Å². The maximum absolute atomic E-state index is 5.72. The first-order valence-electron chi connectivity index (χ1n) is 3.34. The second kappa shape index (κ2) is 2.64. The lowest BCUT2D eigenvalue weighted by atomic mass is 10.2. The van der Waals surface area contributed by atoms with Crippen LogP contribution in [0.15, 0.2) is 0 Å². The summed E-state index contributed by atoms with van der Waals surface area (Å²) < 4.78 is 5.31. The maximum atomic E-state index is 5.72. The standard InChI is InChI=1S/C6H14N2O/c1-6(7)2-3-8-4-5-9-6/h8H,2-5,7H2,1H3. The Bertz CT molecular complexity index is 83.1. The second-order valence-corrected chi connectivity index (χ2v) is 2.66. The van der Waals surface area contributed by atoms with Crippen molar-refractivity contribution in [3.8, 4) is 0 Å². The average molecular weight is 130 g/mol. The summed E-state index contributed by atoms with van der Waals surface area (Å²) in [6.45, 7) is 4.53. The van der Waals surface area contributed by atoms with Crippen LogP contribution in [0.25, 0.3) is 0 Å². The fraction of sp³-hybridized carbons (Fsp3) is 1.00. The molecule has 1 aliphatic rings. The summed E-state index contributed by atoms with van der Waals surface area (Å²) in [6.07, 6.45) is 0.896. The van der Waals surface area contributed by atoms with Crippen molar-refractivity contribution in [1.29, 1.82) is 0 Å². The zero-order valence-corrected chi connectivity index (χ0v) is 5.81. The molecule has 1 aliphatic heterocycles. The third kappa shape index (κ3) is 2.30. The molecule has 9 heavy (non-hydrogen) atoms. The molecular formula is C6H14N2O. The minimum absolute atomic E-state index is 0.399. The van der Waals surface area contributed by atoms with Crippen molar-refractivity contribution in [2.75, 3.05) is 19.7 Å². The molecule has 3 nitrogen and oxygen atoms in total. The quantitative estimate of drug-likeness (QED) is 0.472. The summed E-state index contributed by atoms with van der Waals surface area (Å²) in [4.78, 5) is 0. The lowest BCUT2D eigenvalue weighted by Crippen LogP contribution is -2.39. The smallest absolute Gasteiger partial charge is 0.115 e. The number of nitrogens with one attached hydrogen (secondary N) is 1. The minimum Gasteiger partial charge on any atom is -0.360 e. The van der Waals surface area contributed by atoms with Gasteiger partial charge in [0.1, 0.15) is 5.72 Å². The second-order valence-electron chi connectivity index (χ2n) is 2.66. The van der Waals surface area contributed by atoms with E-state index in [0.717, 1.165) is 26.1 Å². The summed E-state index contributed by atoms with van der Waals surface area (Å²) in [5.41, 5.74) is 5.32. The van der Waals surface area contributed by atoms with Crippen LogP contribution in [0, 0.1) is 0 Å². The van der Waals surface area contributed by atoms with Gasteiger partial charge in [0.15, 0.2) is 0 Å². The lowest BCUT2D eigenvalue weighted by Gasteiger charge is -2.21. The van der Waals surface area contributed by atoms with Crippen LogP contribution in [-0.2, 0) is 4.74 Å². The van der Waals surface area contributed by atoms with E-state index in [2.05, 4.69) is 5.32 Å². The van der Waals surface area contributed by atoms with Gasteiger partial charge in [-0.1, -0.05) is 0 Å². The Morgan fingerprint density at radius 3 is 3.11 bits per heavy atom. The van der Waals surface area contributed by atoms with Gasteiger partial charge in [-0.05, 0) is 13.5 Å². The van der Waals surface area contributed by atoms with Gasteiger partial charge in [-0.2, -0.15) is 0 Å². The Morgan fingerprint density at radius 2 is 2.33 bits per heavy atom. The molecule has 0 aromatic rings. The van der Waals surface area contributed by atoms with Crippen LogP contribution >= 0.6 is 0 Å². The molecule has 3 N–H and O–H groups in total. The number of hydrogen-bond acceptors (Lipinski definition) is 3. The molecule has 1 rings (SSSR count). The monoisotopic (exact) mass is 130 g/mol. The summed E-state index contributed by atoms with van der Waals surface area (Å²) >= 11 is 0. The highest BCUT2D eigenvalue weighted by atomic mass is 16.5. The van der Waals surface area contributed by atoms with Gasteiger partial charge in [-0.25, -0.2) is 0 Å². The van der Waals surface area contributed by atoms with Gasteiger partial charge in [-0.15, -0.1) is 0 Å². The molecule has 0 amide bonds. The topological polar surface area (TPSA) is 47.3 Å². The van der Waals surface area contributed by atoms with Crippen LogP contribution in [0.4, 0.5) is 0 Å². The summed E-state index contributed by atoms with van der Waals surface area (Å²) in [6, 6.07) is 0. The molecule has 54 valence electrons. The Kier molecular flexibility index (Phi) is 2.05. The molecule has 1 atom stereocenters. The van der Waals surface area contributed by atoms with Crippen LogP contribution in [0.5, 0.6) is 0 Å². The highest BCUT2D eigenvalue weighted by Crippen LogP contribution is 2.07. The SMILES string of the molecule is CC1(N)CCNCCO1. The number of hydrogen-bond donors (Lipinski definition) is 2. The van der Waals surface area contributed by atoms with Crippen molar-refractivity contribution in [1.82, 2.24) is 5.32 Å². The Labute approximate surface area is 55.6 Å². The molecule has 1 heterocycles. The van der Waals surface area contributed by atoms with Crippen LogP contribution in [0.2, 0.25) is 0 Å². The molecule has 0 aromatic carbocycles. The molecule has 0 spiro atoms. The fourth-order valence-electron chi connectivity index (χ4n) is 0.890. The van der Waals surface area contributed by atoms with E-state index in [0.29, 0.717) is 0 Å². The van der Waals surface area contributed by atoms with E-state index in [4.69, 9.17) is 10.5 Å². The van der Waals surface area contributed by atoms with Gasteiger partial charge in [0.2, 0.25) is 0 Å². The van der Waals surface area contributed by atoms with E-state index in [9.17, 15) is 0 Å². The Balaban J connectivity index is 2.36. The van der Waals surface area contributed by atoms with Crippen molar-refractivity contribution in [3.63, 3.8) is 0 Å². The first-order chi connectivity index (χ1) is 4.21. The third-order valence-electron chi connectivity index (χ3n) is 1.51. The van der Waals surface area contributed by atoms with Gasteiger partial charge in [0.25, 0.3) is 0 Å². The number of nitrogens with two attached hydrogens (primary N) is 1. The van der Waals surface area contributed by atoms with E-state index in [1.807, 2.05) is 6.92 Å². The van der Waals surface area contributed by atoms with E-state index in [1.165, 1.54) is 0 Å². The van der Waals surface area contributed by atoms with Crippen molar-refractivity contribution in [2.45, 2.75) is 19.1 Å². The first kappa shape index (κ1) is 6.99. The van der Waals surface area contributed by atoms with Crippen LogP contribution in [0.1, 0.15) is 13.3 Å². The predicted octanol–water partition coefficient (Wildman–Crippen LogP) is -0.329. The molecule has 0 bridgehead atoms. The zero-order chi connectivity index (χ0) is 6.74. The van der Waals surface area contributed by atoms with Gasteiger partial charge in [-0.3, -0.25) is 0 Å². The molecule has 1 unspecified atom stereocenters. The highest BCUT2D eigenvalue weighted by Gasteiger charge is 2.19. The molecule has 0 aliphatic carbocycles. The van der Waals surface area contributed by atoms with E-state index in [-0.39, 0.29) is 0 Å². The Morgan fingerprint density at radius 1 is 1.56 bits per heavy atom. The van der Waals surface area contributed by atoms with Gasteiger partial charge in [0, 0.05) is 13.0 Å². The Hall–Kier alpha value is -0.120. The van der Waals surface area contributed by atoms with Crippen molar-refractivity contribution in [3.05, 3.63) is 0 Å². The predicted molar refractivity (Wildman–Crippen MR) is 36.0 cm³/mol. The first-order valence-corrected chi connectivity index (χ1v) is 3.34. The fourth-order valence-corrected chi connectivity index (χ4v) is 0.890.